The van der Waals surface area contributed by atoms with Crippen molar-refractivity contribution in [2.75, 3.05) is 12.3 Å². The minimum absolute atomic E-state index is 0.0444. The largest absolute Gasteiger partial charge is 0.398 e. The normalized spacial score (nSPS) is 16.1. The quantitative estimate of drug-likeness (QED) is 0.811. The number of nitrogens with one attached hydrogen (secondary N) is 1. The van der Waals surface area contributed by atoms with E-state index in [2.05, 4.69) is 4.72 Å². The lowest BCUT2D eigenvalue weighted by molar-refractivity contribution is 0.496. The predicted molar refractivity (Wildman–Crippen MR) is 77.3 cm³/mol. The number of nitrogens with two attached hydrogens (primary N) is 1. The van der Waals surface area contributed by atoms with E-state index in [-0.39, 0.29) is 10.6 Å². The molecule has 1 aliphatic rings. The van der Waals surface area contributed by atoms with Gasteiger partial charge in [-0.3, -0.25) is 0 Å². The topological polar surface area (TPSA) is 96.0 Å². The Balaban J connectivity index is 2.00. The minimum Gasteiger partial charge on any atom is -0.398 e. The van der Waals surface area contributed by atoms with Gasteiger partial charge in [-0.1, -0.05) is 25.7 Å². The molecule has 20 heavy (non-hydrogen) atoms. The number of hydrogen-bond donors (Lipinski definition) is 2. The van der Waals surface area contributed by atoms with Crippen LogP contribution in [-0.2, 0) is 10.0 Å². The Kier molecular flexibility index (Phi) is 4.63. The minimum atomic E-state index is -3.59. The first-order valence-electron chi connectivity index (χ1n) is 6.82. The molecule has 2 rings (SSSR count). The summed E-state index contributed by atoms with van der Waals surface area (Å²) in [6, 6.07) is 6.15. The Morgan fingerprint density at radius 3 is 2.65 bits per heavy atom. The molecule has 0 aromatic heterocycles. The molecule has 0 aliphatic heterocycles. The maximum Gasteiger partial charge on any atom is 0.242 e. The Morgan fingerprint density at radius 2 is 2.05 bits per heavy atom. The molecule has 0 radical (unpaired) electrons. The third kappa shape index (κ3) is 3.50. The van der Waals surface area contributed by atoms with E-state index in [0.717, 1.165) is 6.42 Å². The first-order valence-corrected chi connectivity index (χ1v) is 8.30. The van der Waals surface area contributed by atoms with E-state index < -0.39 is 10.0 Å². The van der Waals surface area contributed by atoms with Crippen molar-refractivity contribution in [2.24, 2.45) is 5.92 Å². The molecule has 0 heterocycles. The molecule has 6 heteroatoms. The predicted octanol–water partition coefficient (Wildman–Crippen LogP) is 2.00. The van der Waals surface area contributed by atoms with Gasteiger partial charge < -0.3 is 5.73 Å². The van der Waals surface area contributed by atoms with Gasteiger partial charge in [-0.2, -0.15) is 5.26 Å². The summed E-state index contributed by atoms with van der Waals surface area (Å²) in [5.74, 6) is 0.635. The molecule has 5 nitrogen and oxygen atoms in total. The molecule has 108 valence electrons. The third-order valence-electron chi connectivity index (χ3n) is 3.75. The lowest BCUT2D eigenvalue weighted by Gasteiger charge is -2.11. The Labute approximate surface area is 119 Å². The molecule has 0 bridgehead atoms. The number of nitrogens with zero attached hydrogens (tertiary/aromatic N) is 1. The van der Waals surface area contributed by atoms with Crippen LogP contribution >= 0.6 is 0 Å². The summed E-state index contributed by atoms with van der Waals surface area (Å²) in [7, 11) is -3.59. The summed E-state index contributed by atoms with van der Waals surface area (Å²) < 4.78 is 26.9. The lowest BCUT2D eigenvalue weighted by atomic mass is 10.1. The highest BCUT2D eigenvalue weighted by Gasteiger charge is 2.19. The summed E-state index contributed by atoms with van der Waals surface area (Å²) >= 11 is 0. The second kappa shape index (κ2) is 6.25. The molecule has 0 amide bonds. The lowest BCUT2D eigenvalue weighted by Crippen LogP contribution is -2.26. The van der Waals surface area contributed by atoms with Gasteiger partial charge in [0.25, 0.3) is 0 Å². The van der Waals surface area contributed by atoms with E-state index >= 15 is 0 Å². The summed E-state index contributed by atoms with van der Waals surface area (Å²) in [5.41, 5.74) is 6.17. The van der Waals surface area contributed by atoms with Crippen LogP contribution < -0.4 is 10.5 Å². The van der Waals surface area contributed by atoms with Crippen LogP contribution in [0.3, 0.4) is 0 Å². The molecule has 0 spiro atoms. The van der Waals surface area contributed by atoms with Crippen molar-refractivity contribution < 1.29 is 8.42 Å². The number of nitrogen functional groups attached to an aromatic ring is 1. The van der Waals surface area contributed by atoms with E-state index in [1.165, 1.54) is 43.9 Å². The van der Waals surface area contributed by atoms with E-state index in [0.29, 0.717) is 18.0 Å². The first-order chi connectivity index (χ1) is 9.53. The zero-order valence-corrected chi connectivity index (χ0v) is 12.1. The summed E-state index contributed by atoms with van der Waals surface area (Å²) in [4.78, 5) is 0.0444. The van der Waals surface area contributed by atoms with Gasteiger partial charge in [0, 0.05) is 6.54 Å². The molecule has 0 atom stereocenters. The van der Waals surface area contributed by atoms with Gasteiger partial charge in [-0.25, -0.2) is 13.1 Å². The zero-order chi connectivity index (χ0) is 14.6. The standard InChI is InChI=1S/C14H19N3O2S/c15-10-12-5-6-14(13(16)9-12)20(18,19)17-8-7-11-3-1-2-4-11/h5-6,9,11,17H,1-4,7-8,16H2. The van der Waals surface area contributed by atoms with E-state index in [9.17, 15) is 8.42 Å². The van der Waals surface area contributed by atoms with Crippen molar-refractivity contribution in [1.82, 2.24) is 4.72 Å². The molecule has 1 saturated carbocycles. The molecule has 1 aromatic carbocycles. The van der Waals surface area contributed by atoms with Gasteiger partial charge >= 0.3 is 0 Å². The number of benzene rings is 1. The van der Waals surface area contributed by atoms with Crippen molar-refractivity contribution in [3.05, 3.63) is 23.8 Å². The molecule has 0 saturated heterocycles. The van der Waals surface area contributed by atoms with Crippen LogP contribution in [0.2, 0.25) is 0 Å². The summed E-state index contributed by atoms with van der Waals surface area (Å²) in [6.45, 7) is 0.437. The number of rotatable bonds is 5. The highest BCUT2D eigenvalue weighted by Crippen LogP contribution is 2.27. The van der Waals surface area contributed by atoms with Crippen LogP contribution in [0.25, 0.3) is 0 Å². The second-order valence-corrected chi connectivity index (χ2v) is 6.94. The average molecular weight is 293 g/mol. The molecule has 1 aromatic rings. The fourth-order valence-corrected chi connectivity index (χ4v) is 3.80. The monoisotopic (exact) mass is 293 g/mol. The van der Waals surface area contributed by atoms with Crippen molar-refractivity contribution in [3.8, 4) is 6.07 Å². The van der Waals surface area contributed by atoms with E-state index in [4.69, 9.17) is 11.0 Å². The Hall–Kier alpha value is -1.58. The van der Waals surface area contributed by atoms with Gasteiger partial charge in [0.05, 0.1) is 17.3 Å². The van der Waals surface area contributed by atoms with Crippen LogP contribution in [0.4, 0.5) is 5.69 Å². The number of anilines is 1. The maximum absolute atomic E-state index is 12.2. The van der Waals surface area contributed by atoms with E-state index in [1.807, 2.05) is 6.07 Å². The van der Waals surface area contributed by atoms with Gasteiger partial charge in [-0.15, -0.1) is 0 Å². The fraction of sp³-hybridized carbons (Fsp3) is 0.500. The highest BCUT2D eigenvalue weighted by molar-refractivity contribution is 7.89. The van der Waals surface area contributed by atoms with Gasteiger partial charge in [0.1, 0.15) is 4.90 Å². The van der Waals surface area contributed by atoms with Gasteiger partial charge in [0.2, 0.25) is 10.0 Å². The zero-order valence-electron chi connectivity index (χ0n) is 11.3. The van der Waals surface area contributed by atoms with Crippen molar-refractivity contribution in [2.45, 2.75) is 37.0 Å². The Morgan fingerprint density at radius 1 is 1.35 bits per heavy atom. The number of nitriles is 1. The van der Waals surface area contributed by atoms with Gasteiger partial charge in [-0.05, 0) is 30.5 Å². The van der Waals surface area contributed by atoms with E-state index in [1.54, 1.807) is 0 Å². The number of sulfonamides is 1. The molecule has 3 N–H and O–H groups in total. The van der Waals surface area contributed by atoms with Gasteiger partial charge in [0.15, 0.2) is 0 Å². The third-order valence-corrected chi connectivity index (χ3v) is 5.28. The first kappa shape index (κ1) is 14.8. The molecular formula is C14H19N3O2S. The van der Waals surface area contributed by atoms with Crippen molar-refractivity contribution in [1.29, 1.82) is 5.26 Å². The Bertz CT molecular complexity index is 614. The maximum atomic E-state index is 12.2. The van der Waals surface area contributed by atoms with Crippen molar-refractivity contribution >= 4 is 15.7 Å². The molecule has 1 aliphatic carbocycles. The SMILES string of the molecule is N#Cc1ccc(S(=O)(=O)NCCC2CCCC2)c(N)c1. The van der Waals surface area contributed by atoms with Crippen LogP contribution in [-0.4, -0.2) is 15.0 Å². The van der Waals surface area contributed by atoms with Crippen LogP contribution in [0.5, 0.6) is 0 Å². The summed E-state index contributed by atoms with van der Waals surface area (Å²) in [6.07, 6.45) is 5.76. The fourth-order valence-electron chi connectivity index (χ4n) is 2.64. The van der Waals surface area contributed by atoms with Crippen LogP contribution in [0, 0.1) is 17.2 Å². The van der Waals surface area contributed by atoms with Crippen LogP contribution in [0.15, 0.2) is 23.1 Å². The van der Waals surface area contributed by atoms with Crippen molar-refractivity contribution in [3.63, 3.8) is 0 Å². The highest BCUT2D eigenvalue weighted by atomic mass is 32.2. The summed E-state index contributed by atoms with van der Waals surface area (Å²) in [5, 5.41) is 8.75. The smallest absolute Gasteiger partial charge is 0.242 e. The number of hydrogen-bond acceptors (Lipinski definition) is 4. The average Bonchev–Trinajstić information content (AvgIpc) is 2.91. The second-order valence-electron chi connectivity index (χ2n) is 5.20. The molecular weight excluding hydrogens is 274 g/mol. The molecule has 0 unspecified atom stereocenters. The molecule has 1 fully saturated rings. The van der Waals surface area contributed by atoms with Crippen LogP contribution in [0.1, 0.15) is 37.7 Å².